The van der Waals surface area contributed by atoms with Crippen LogP contribution in [-0.2, 0) is 16.1 Å². The van der Waals surface area contributed by atoms with E-state index in [2.05, 4.69) is 12.2 Å². The summed E-state index contributed by atoms with van der Waals surface area (Å²) >= 11 is 6.10. The quantitative estimate of drug-likeness (QED) is 0.220. The van der Waals surface area contributed by atoms with Gasteiger partial charge in [-0.25, -0.2) is 0 Å². The van der Waals surface area contributed by atoms with Crippen LogP contribution in [0.3, 0.4) is 0 Å². The first-order valence-electron chi connectivity index (χ1n) is 14.5. The van der Waals surface area contributed by atoms with E-state index in [1.807, 2.05) is 12.1 Å². The lowest BCUT2D eigenvalue weighted by atomic mass is 9.77. The van der Waals surface area contributed by atoms with E-state index in [9.17, 15) is 24.6 Å². The van der Waals surface area contributed by atoms with Gasteiger partial charge in [-0.3, -0.25) is 14.4 Å². The van der Waals surface area contributed by atoms with Gasteiger partial charge < -0.3 is 29.9 Å². The van der Waals surface area contributed by atoms with Gasteiger partial charge >= 0.3 is 0 Å². The number of aldehydes is 1. The van der Waals surface area contributed by atoms with Crippen LogP contribution in [0.1, 0.15) is 72.9 Å². The Labute approximate surface area is 251 Å². The molecule has 0 saturated heterocycles. The fourth-order valence-electron chi connectivity index (χ4n) is 5.73. The van der Waals surface area contributed by atoms with Gasteiger partial charge in [0.15, 0.2) is 11.5 Å². The fourth-order valence-corrected chi connectivity index (χ4v) is 5.85. The van der Waals surface area contributed by atoms with Crippen LogP contribution in [-0.4, -0.2) is 71.7 Å². The van der Waals surface area contributed by atoms with Crippen LogP contribution in [0.15, 0.2) is 48.0 Å². The maximum absolute atomic E-state index is 13.8. The highest BCUT2D eigenvalue weighted by Gasteiger charge is 2.51. The first kappa shape index (κ1) is 31.5. The molecule has 0 aromatic heterocycles. The van der Waals surface area contributed by atoms with Crippen molar-refractivity contribution in [3.8, 4) is 11.5 Å². The van der Waals surface area contributed by atoms with Crippen LogP contribution in [0.4, 0.5) is 0 Å². The fraction of sp³-hybridized carbons (Fsp3) is 0.469. The Morgan fingerprint density at radius 3 is 2.55 bits per heavy atom. The molecule has 2 aromatic rings. The number of benzene rings is 2. The van der Waals surface area contributed by atoms with Gasteiger partial charge in [0, 0.05) is 41.2 Å². The molecular formula is C32H39ClN2O7. The number of nitrogens with one attached hydrogen (secondary N) is 1. The first-order chi connectivity index (χ1) is 20.3. The number of methoxy groups -OCH3 is 1. The lowest BCUT2D eigenvalue weighted by molar-refractivity contribution is -0.138. The van der Waals surface area contributed by atoms with Crippen LogP contribution >= 0.6 is 11.6 Å². The number of aliphatic hydroxyl groups is 2. The number of ether oxygens (including phenoxy) is 2. The minimum atomic E-state index is -1.20. The molecule has 0 fully saturated rings. The predicted molar refractivity (Wildman–Crippen MR) is 159 cm³/mol. The number of hydrogen-bond acceptors (Lipinski definition) is 7. The third-order valence-electron chi connectivity index (χ3n) is 7.85. The molecule has 42 heavy (non-hydrogen) atoms. The molecule has 9 nitrogen and oxygen atoms in total. The van der Waals surface area contributed by atoms with Crippen molar-refractivity contribution in [2.45, 2.75) is 76.2 Å². The van der Waals surface area contributed by atoms with Crippen molar-refractivity contribution in [1.82, 2.24) is 10.2 Å². The maximum Gasteiger partial charge on any atom is 0.247 e. The standard InChI is InChI=1S/C32H39ClN2O7/c1-3-4-5-6-7-8-27(38)35(18-20-9-11-22(33)12-10-20)25-17-24(32(40)34-13-14-36)28-23-15-21(19-37)16-26(41-2)30(23)42-31(28)29(25)39/h9-12,15-17,19,25,28-29,31,36,39H,3-8,13-14,18H2,1-2H3,(H,34,40). The summed E-state index contributed by atoms with van der Waals surface area (Å²) in [6.07, 6.45) is 5.37. The van der Waals surface area contributed by atoms with E-state index in [0.717, 1.165) is 31.2 Å². The Kier molecular flexibility index (Phi) is 11.0. The average Bonchev–Trinajstić information content (AvgIpc) is 3.39. The van der Waals surface area contributed by atoms with Gasteiger partial charge in [0.2, 0.25) is 11.8 Å². The zero-order valence-electron chi connectivity index (χ0n) is 24.1. The molecule has 226 valence electrons. The summed E-state index contributed by atoms with van der Waals surface area (Å²) in [5, 5.41) is 24.4. The second kappa shape index (κ2) is 14.7. The third kappa shape index (κ3) is 6.97. The number of rotatable bonds is 14. The molecule has 2 aromatic carbocycles. The summed E-state index contributed by atoms with van der Waals surface area (Å²) in [6.45, 7) is 2.10. The molecule has 4 unspecified atom stereocenters. The van der Waals surface area contributed by atoms with E-state index in [-0.39, 0.29) is 31.2 Å². The van der Waals surface area contributed by atoms with Crippen LogP contribution in [0, 0.1) is 0 Å². The van der Waals surface area contributed by atoms with Gasteiger partial charge in [-0.1, -0.05) is 56.3 Å². The Morgan fingerprint density at radius 2 is 1.88 bits per heavy atom. The molecule has 0 saturated carbocycles. The summed E-state index contributed by atoms with van der Waals surface area (Å²) < 4.78 is 11.7. The van der Waals surface area contributed by atoms with E-state index < -0.39 is 30.1 Å². The molecule has 4 atom stereocenters. The third-order valence-corrected chi connectivity index (χ3v) is 8.10. The number of carbonyl (C=O) groups is 3. The summed E-state index contributed by atoms with van der Waals surface area (Å²) in [5.74, 6) is -0.678. The number of halogens is 1. The van der Waals surface area contributed by atoms with Crippen molar-refractivity contribution >= 4 is 29.7 Å². The normalized spacial score (nSPS) is 20.5. The lowest BCUT2D eigenvalue weighted by Crippen LogP contribution is -2.55. The number of unbranched alkanes of at least 4 members (excludes halogenated alkanes) is 4. The van der Waals surface area contributed by atoms with E-state index in [1.165, 1.54) is 13.2 Å². The molecule has 1 aliphatic carbocycles. The number of carbonyl (C=O) groups excluding carboxylic acids is 3. The summed E-state index contributed by atoms with van der Waals surface area (Å²) in [6, 6.07) is 9.43. The molecule has 0 bridgehead atoms. The molecule has 2 aliphatic rings. The second-order valence-corrected chi connectivity index (χ2v) is 11.2. The van der Waals surface area contributed by atoms with E-state index >= 15 is 0 Å². The smallest absolute Gasteiger partial charge is 0.247 e. The lowest BCUT2D eigenvalue weighted by Gasteiger charge is -2.41. The minimum Gasteiger partial charge on any atom is -0.493 e. The van der Waals surface area contributed by atoms with E-state index in [1.54, 1.807) is 29.2 Å². The zero-order chi connectivity index (χ0) is 30.2. The average molecular weight is 599 g/mol. The number of nitrogens with zero attached hydrogens (tertiary/aromatic N) is 1. The number of hydrogen-bond donors (Lipinski definition) is 3. The molecule has 4 rings (SSSR count). The summed E-state index contributed by atoms with van der Waals surface area (Å²) in [7, 11) is 1.45. The molecule has 10 heteroatoms. The number of aliphatic hydroxyl groups excluding tert-OH is 2. The zero-order valence-corrected chi connectivity index (χ0v) is 24.8. The van der Waals surface area contributed by atoms with Crippen molar-refractivity contribution in [2.75, 3.05) is 20.3 Å². The van der Waals surface area contributed by atoms with Crippen LogP contribution < -0.4 is 14.8 Å². The Balaban J connectivity index is 1.74. The van der Waals surface area contributed by atoms with Crippen molar-refractivity contribution < 1.29 is 34.1 Å². The van der Waals surface area contributed by atoms with Crippen molar-refractivity contribution in [2.24, 2.45) is 0 Å². The Bertz CT molecular complexity index is 1300. The Morgan fingerprint density at radius 1 is 1.14 bits per heavy atom. The highest BCUT2D eigenvalue weighted by Crippen LogP contribution is 2.51. The van der Waals surface area contributed by atoms with E-state index in [0.29, 0.717) is 46.8 Å². The van der Waals surface area contributed by atoms with Crippen LogP contribution in [0.5, 0.6) is 11.5 Å². The summed E-state index contributed by atoms with van der Waals surface area (Å²) in [4.78, 5) is 40.5. The largest absolute Gasteiger partial charge is 0.493 e. The van der Waals surface area contributed by atoms with E-state index in [4.69, 9.17) is 21.1 Å². The molecule has 1 heterocycles. The van der Waals surface area contributed by atoms with Crippen molar-refractivity contribution in [1.29, 1.82) is 0 Å². The molecule has 1 aliphatic heterocycles. The second-order valence-electron chi connectivity index (χ2n) is 10.7. The highest BCUT2D eigenvalue weighted by molar-refractivity contribution is 6.30. The Hall–Kier alpha value is -3.40. The SMILES string of the molecule is CCCCCCCC(=O)N(Cc1ccc(Cl)cc1)C1C=C(C(=O)NCCO)C2c3cc(C=O)cc(OC)c3OC2C1O. The van der Waals surface area contributed by atoms with Crippen molar-refractivity contribution in [3.05, 3.63) is 69.8 Å². The van der Waals surface area contributed by atoms with Gasteiger partial charge in [0.25, 0.3) is 0 Å². The van der Waals surface area contributed by atoms with Crippen LogP contribution in [0.2, 0.25) is 5.02 Å². The maximum atomic E-state index is 13.8. The van der Waals surface area contributed by atoms with Gasteiger partial charge in [-0.05, 0) is 42.3 Å². The van der Waals surface area contributed by atoms with Gasteiger partial charge in [0.1, 0.15) is 18.5 Å². The van der Waals surface area contributed by atoms with Crippen molar-refractivity contribution in [3.63, 3.8) is 0 Å². The van der Waals surface area contributed by atoms with Gasteiger partial charge in [0.05, 0.1) is 25.7 Å². The molecule has 2 amide bonds. The monoisotopic (exact) mass is 598 g/mol. The summed E-state index contributed by atoms with van der Waals surface area (Å²) in [5.41, 5.74) is 1.98. The number of amides is 2. The predicted octanol–water partition coefficient (Wildman–Crippen LogP) is 4.17. The molecule has 0 spiro atoms. The molecule has 0 radical (unpaired) electrons. The minimum absolute atomic E-state index is 0.0252. The number of fused-ring (bicyclic) bond motifs is 3. The first-order valence-corrected chi connectivity index (χ1v) is 14.9. The topological polar surface area (TPSA) is 125 Å². The molecule has 3 N–H and O–H groups in total. The van der Waals surface area contributed by atoms with Gasteiger partial charge in [-0.2, -0.15) is 0 Å². The van der Waals surface area contributed by atoms with Crippen LogP contribution in [0.25, 0.3) is 0 Å². The van der Waals surface area contributed by atoms with Gasteiger partial charge in [-0.15, -0.1) is 0 Å². The highest BCUT2D eigenvalue weighted by atomic mass is 35.5. The molecular weight excluding hydrogens is 560 g/mol.